The number of allylic oxidation sites excluding steroid dienone is 4. The van der Waals surface area contributed by atoms with Gasteiger partial charge in [0, 0.05) is 0 Å². The molecule has 68 valence electrons. The van der Waals surface area contributed by atoms with Gasteiger partial charge < -0.3 is 0 Å². The van der Waals surface area contributed by atoms with E-state index in [4.69, 9.17) is 19.1 Å². The van der Waals surface area contributed by atoms with Crippen molar-refractivity contribution in [2.45, 2.75) is 25.7 Å². The molecule has 1 aliphatic rings. The molecule has 0 bridgehead atoms. The Kier molecular flexibility index (Phi) is 11.4. The summed E-state index contributed by atoms with van der Waals surface area (Å²) in [5.41, 5.74) is 0. The van der Waals surface area contributed by atoms with E-state index in [1.54, 1.807) is 0 Å². The zero-order valence-electron chi connectivity index (χ0n) is 6.13. The van der Waals surface area contributed by atoms with Gasteiger partial charge in [-0.2, -0.15) is 6.08 Å². The van der Waals surface area contributed by atoms with Gasteiger partial charge in [0.15, 0.2) is 0 Å². The van der Waals surface area contributed by atoms with Gasteiger partial charge in [-0.3, -0.25) is 6.08 Å². The summed E-state index contributed by atoms with van der Waals surface area (Å²) in [4.78, 5) is 0. The van der Waals surface area contributed by atoms with Gasteiger partial charge >= 0.3 is 35.0 Å². The first kappa shape index (κ1) is 11.7. The molecule has 11 heavy (non-hydrogen) atoms. The van der Waals surface area contributed by atoms with E-state index >= 15 is 0 Å². The summed E-state index contributed by atoms with van der Waals surface area (Å²) in [6.45, 7) is 0. The Morgan fingerprint density at radius 2 is 2.00 bits per heavy atom. The van der Waals surface area contributed by atoms with Crippen molar-refractivity contribution in [1.29, 1.82) is 0 Å². The third kappa shape index (κ3) is 10.7. The maximum absolute atomic E-state index is 4.81. The van der Waals surface area contributed by atoms with Crippen LogP contribution in [0.25, 0.3) is 0 Å². The second-order valence-corrected chi connectivity index (χ2v) is 4.45. The zero-order valence-corrected chi connectivity index (χ0v) is 9.20. The van der Waals surface area contributed by atoms with E-state index in [9.17, 15) is 0 Å². The molecule has 0 unspecified atom stereocenters. The number of hydrogen-bond acceptors (Lipinski definition) is 0. The first-order valence-corrected chi connectivity index (χ1v) is 7.46. The summed E-state index contributed by atoms with van der Waals surface area (Å²) in [6.07, 6.45) is 14.5. The van der Waals surface area contributed by atoms with E-state index in [0.29, 0.717) is 0 Å². The Morgan fingerprint density at radius 1 is 1.27 bits per heavy atom. The Bertz CT molecular complexity index is 107. The van der Waals surface area contributed by atoms with Crippen molar-refractivity contribution >= 4 is 19.1 Å². The second-order valence-electron chi connectivity index (χ2n) is 2.09. The van der Waals surface area contributed by atoms with Gasteiger partial charge in [0.25, 0.3) is 0 Å². The van der Waals surface area contributed by atoms with Crippen LogP contribution in [0.5, 0.6) is 0 Å². The molecule has 0 atom stereocenters. The minimum absolute atomic E-state index is 0.106. The predicted molar refractivity (Wildman–Crippen MR) is 47.1 cm³/mol. The minimum atomic E-state index is -0.106. The fourth-order valence-electron chi connectivity index (χ4n) is 0.805. The normalized spacial score (nSPS) is 16.5. The summed E-state index contributed by atoms with van der Waals surface area (Å²) in [5, 5.41) is 0. The fraction of sp³-hybridized carbons (Fsp3) is 0.500. The summed E-state index contributed by atoms with van der Waals surface area (Å²) in [7, 11) is 9.63. The van der Waals surface area contributed by atoms with Crippen LogP contribution in [0.2, 0.25) is 0 Å². The van der Waals surface area contributed by atoms with Crippen molar-refractivity contribution in [3.05, 3.63) is 24.3 Å². The second kappa shape index (κ2) is 10.7. The molecule has 0 heterocycles. The topological polar surface area (TPSA) is 0 Å². The van der Waals surface area contributed by atoms with E-state index in [1.165, 1.54) is 19.3 Å². The molecule has 0 spiro atoms. The van der Waals surface area contributed by atoms with Crippen molar-refractivity contribution in [3.63, 3.8) is 0 Å². The van der Waals surface area contributed by atoms with Crippen LogP contribution in [-0.4, -0.2) is 0 Å². The summed E-state index contributed by atoms with van der Waals surface area (Å²) < 4.78 is 0. The van der Waals surface area contributed by atoms with E-state index in [1.807, 2.05) is 6.08 Å². The van der Waals surface area contributed by atoms with Crippen LogP contribution in [0.1, 0.15) is 25.7 Å². The molecule has 1 rings (SSSR count). The SMILES string of the molecule is [C-]1=CC=CCCCC1.[Cl][Pd][Cl]. The third-order valence-corrected chi connectivity index (χ3v) is 1.29. The van der Waals surface area contributed by atoms with Gasteiger partial charge in [-0.05, 0) is 0 Å². The number of rotatable bonds is 0. The van der Waals surface area contributed by atoms with Crippen molar-refractivity contribution in [1.82, 2.24) is 0 Å². The fourth-order valence-corrected chi connectivity index (χ4v) is 0.805. The predicted octanol–water partition coefficient (Wildman–Crippen LogP) is 3.85. The quantitative estimate of drug-likeness (QED) is 0.468. The third-order valence-electron chi connectivity index (χ3n) is 1.29. The Balaban J connectivity index is 0.000000292. The standard InChI is InChI=1S/C8H11.2ClH.Pd/c1-2-4-6-8-7-5-3-1;;;/h1-3H,4,6-8H2;2*1H;/q-1;;;+2/p-2. The van der Waals surface area contributed by atoms with Crippen LogP contribution < -0.4 is 0 Å². The monoisotopic (exact) mass is 283 g/mol. The molecule has 0 saturated heterocycles. The molecule has 0 amide bonds. The van der Waals surface area contributed by atoms with Gasteiger partial charge in [0.2, 0.25) is 0 Å². The maximum atomic E-state index is 4.81. The first-order chi connectivity index (χ1) is 5.41. The Labute approximate surface area is 84.8 Å². The van der Waals surface area contributed by atoms with Crippen LogP contribution in [0.15, 0.2) is 18.2 Å². The van der Waals surface area contributed by atoms with Crippen molar-refractivity contribution in [2.75, 3.05) is 0 Å². The van der Waals surface area contributed by atoms with Crippen LogP contribution in [0.3, 0.4) is 0 Å². The van der Waals surface area contributed by atoms with Crippen molar-refractivity contribution in [2.24, 2.45) is 0 Å². The van der Waals surface area contributed by atoms with Crippen molar-refractivity contribution in [3.8, 4) is 0 Å². The van der Waals surface area contributed by atoms with Crippen molar-refractivity contribution < 1.29 is 15.9 Å². The molecule has 1 aliphatic carbocycles. The summed E-state index contributed by atoms with van der Waals surface area (Å²) in [6, 6.07) is 0. The van der Waals surface area contributed by atoms with Gasteiger partial charge in [0.05, 0.1) is 0 Å². The van der Waals surface area contributed by atoms with E-state index in [0.717, 1.165) is 6.42 Å². The molecule has 0 nitrogen and oxygen atoms in total. The van der Waals surface area contributed by atoms with Gasteiger partial charge in [0.1, 0.15) is 0 Å². The first-order valence-electron chi connectivity index (χ1n) is 3.46. The Hall–Kier alpha value is 0.722. The number of halogens is 2. The summed E-state index contributed by atoms with van der Waals surface area (Å²) >= 11 is -0.106. The van der Waals surface area contributed by atoms with E-state index in [-0.39, 0.29) is 15.9 Å². The average molecular weight is 285 g/mol. The van der Waals surface area contributed by atoms with E-state index < -0.39 is 0 Å². The molecule has 0 aliphatic heterocycles. The Morgan fingerprint density at radius 3 is 2.73 bits per heavy atom. The molecule has 0 N–H and O–H groups in total. The van der Waals surface area contributed by atoms with Gasteiger partial charge in [-0.15, -0.1) is 6.42 Å². The molecular formula is C8H11Cl2Pd-. The van der Waals surface area contributed by atoms with Crippen LogP contribution >= 0.6 is 19.1 Å². The average Bonchev–Trinajstić information content (AvgIpc) is 1.86. The molecule has 0 fully saturated rings. The van der Waals surface area contributed by atoms with Crippen LogP contribution in [0.4, 0.5) is 0 Å². The van der Waals surface area contributed by atoms with E-state index in [2.05, 4.69) is 18.2 Å². The number of hydrogen-bond donors (Lipinski definition) is 0. The zero-order chi connectivity index (χ0) is 8.36. The summed E-state index contributed by atoms with van der Waals surface area (Å²) in [5.74, 6) is 0. The molecule has 0 aromatic carbocycles. The molecule has 0 aromatic heterocycles. The molecule has 0 radical (unpaired) electrons. The van der Waals surface area contributed by atoms with Gasteiger partial charge in [-0.1, -0.05) is 19.3 Å². The van der Waals surface area contributed by atoms with Crippen LogP contribution in [0, 0.1) is 6.08 Å². The molecule has 0 aromatic rings. The molecule has 3 heteroatoms. The van der Waals surface area contributed by atoms with Crippen LogP contribution in [-0.2, 0) is 15.9 Å². The molecule has 0 saturated carbocycles. The molecular weight excluding hydrogens is 273 g/mol. The van der Waals surface area contributed by atoms with Gasteiger partial charge in [-0.25, -0.2) is 12.2 Å².